The summed E-state index contributed by atoms with van der Waals surface area (Å²) in [7, 11) is 0. The molecule has 1 atom stereocenters. The Morgan fingerprint density at radius 3 is 2.11 bits per heavy atom. The van der Waals surface area contributed by atoms with Crippen LogP contribution in [0.1, 0.15) is 45.2 Å². The van der Waals surface area contributed by atoms with Crippen molar-refractivity contribution >= 4 is 21.6 Å². The van der Waals surface area contributed by atoms with Crippen LogP contribution in [0.2, 0.25) is 0 Å². The van der Waals surface area contributed by atoms with E-state index in [4.69, 9.17) is 4.74 Å². The quantitative estimate of drug-likeness (QED) is 0.841. The standard InChI is InChI=1S/C16H24BrNO/c1-10-7-12(8-11(2)14(10)17)18-13-9-15(3,4)19-16(13,5)6/h7-8,13,18H,9H2,1-6H3. The van der Waals surface area contributed by atoms with E-state index < -0.39 is 0 Å². The molecule has 1 heterocycles. The molecule has 0 saturated carbocycles. The van der Waals surface area contributed by atoms with Crippen LogP contribution in [0.25, 0.3) is 0 Å². The first kappa shape index (κ1) is 14.9. The fourth-order valence-corrected chi connectivity index (χ4v) is 3.25. The van der Waals surface area contributed by atoms with Crippen molar-refractivity contribution in [2.24, 2.45) is 0 Å². The third kappa shape index (κ3) is 3.14. The van der Waals surface area contributed by atoms with Crippen molar-refractivity contribution in [2.75, 3.05) is 5.32 Å². The van der Waals surface area contributed by atoms with Gasteiger partial charge in [-0.25, -0.2) is 0 Å². The monoisotopic (exact) mass is 325 g/mol. The van der Waals surface area contributed by atoms with Crippen LogP contribution in [0.4, 0.5) is 5.69 Å². The topological polar surface area (TPSA) is 21.3 Å². The Bertz CT molecular complexity index is 471. The van der Waals surface area contributed by atoms with Crippen LogP contribution in [0.3, 0.4) is 0 Å². The molecule has 2 rings (SSSR count). The molecule has 1 aromatic rings. The maximum atomic E-state index is 6.13. The van der Waals surface area contributed by atoms with Gasteiger partial charge in [0, 0.05) is 10.2 Å². The second-order valence-electron chi connectivity index (χ2n) is 6.79. The number of hydrogen-bond acceptors (Lipinski definition) is 2. The van der Waals surface area contributed by atoms with Crippen LogP contribution >= 0.6 is 15.9 Å². The van der Waals surface area contributed by atoms with Gasteiger partial charge in [0.2, 0.25) is 0 Å². The van der Waals surface area contributed by atoms with Gasteiger partial charge in [0.1, 0.15) is 0 Å². The summed E-state index contributed by atoms with van der Waals surface area (Å²) in [5.74, 6) is 0. The highest BCUT2D eigenvalue weighted by Crippen LogP contribution is 2.39. The molecule has 0 radical (unpaired) electrons. The zero-order chi connectivity index (χ0) is 14.4. The van der Waals surface area contributed by atoms with Crippen molar-refractivity contribution in [1.82, 2.24) is 0 Å². The van der Waals surface area contributed by atoms with E-state index in [0.29, 0.717) is 6.04 Å². The van der Waals surface area contributed by atoms with Crippen LogP contribution in [-0.4, -0.2) is 17.2 Å². The molecule has 0 amide bonds. The van der Waals surface area contributed by atoms with Crippen molar-refractivity contribution < 1.29 is 4.74 Å². The van der Waals surface area contributed by atoms with E-state index in [9.17, 15) is 0 Å². The summed E-state index contributed by atoms with van der Waals surface area (Å²) < 4.78 is 7.33. The minimum atomic E-state index is -0.140. The third-order valence-corrected chi connectivity index (χ3v) is 5.10. The van der Waals surface area contributed by atoms with E-state index in [0.717, 1.165) is 6.42 Å². The molecule has 1 aliphatic heterocycles. The summed E-state index contributed by atoms with van der Waals surface area (Å²) >= 11 is 3.61. The Morgan fingerprint density at radius 2 is 1.68 bits per heavy atom. The molecule has 0 spiro atoms. The Labute approximate surface area is 125 Å². The van der Waals surface area contributed by atoms with Crippen molar-refractivity contribution in [3.63, 3.8) is 0 Å². The zero-order valence-corrected chi connectivity index (χ0v) is 14.3. The van der Waals surface area contributed by atoms with Gasteiger partial charge < -0.3 is 10.1 Å². The molecule has 2 nitrogen and oxygen atoms in total. The van der Waals surface area contributed by atoms with Crippen molar-refractivity contribution in [2.45, 2.75) is 65.2 Å². The van der Waals surface area contributed by atoms with E-state index in [1.807, 2.05) is 0 Å². The molecule has 19 heavy (non-hydrogen) atoms. The van der Waals surface area contributed by atoms with Gasteiger partial charge in [0.25, 0.3) is 0 Å². The van der Waals surface area contributed by atoms with Gasteiger partial charge in [-0.1, -0.05) is 15.9 Å². The van der Waals surface area contributed by atoms with Crippen LogP contribution in [-0.2, 0) is 4.74 Å². The van der Waals surface area contributed by atoms with Gasteiger partial charge in [-0.3, -0.25) is 0 Å². The van der Waals surface area contributed by atoms with Crippen LogP contribution in [0.5, 0.6) is 0 Å². The predicted molar refractivity (Wildman–Crippen MR) is 84.9 cm³/mol. The van der Waals surface area contributed by atoms with E-state index in [2.05, 4.69) is 74.9 Å². The molecule has 0 aliphatic carbocycles. The molecule has 1 aromatic carbocycles. The first-order chi connectivity index (χ1) is 8.61. The van der Waals surface area contributed by atoms with E-state index in [1.54, 1.807) is 0 Å². The smallest absolute Gasteiger partial charge is 0.0834 e. The fourth-order valence-electron chi connectivity index (χ4n) is 3.02. The summed E-state index contributed by atoms with van der Waals surface area (Å²) in [6, 6.07) is 4.72. The number of benzene rings is 1. The highest BCUT2D eigenvalue weighted by Gasteiger charge is 2.45. The van der Waals surface area contributed by atoms with Crippen LogP contribution < -0.4 is 5.32 Å². The number of halogens is 1. The molecular weight excluding hydrogens is 302 g/mol. The van der Waals surface area contributed by atoms with Gasteiger partial charge in [-0.2, -0.15) is 0 Å². The first-order valence-corrected chi connectivity index (χ1v) is 7.63. The van der Waals surface area contributed by atoms with Gasteiger partial charge >= 0.3 is 0 Å². The Balaban J connectivity index is 2.22. The Kier molecular flexibility index (Phi) is 3.74. The Morgan fingerprint density at radius 1 is 1.16 bits per heavy atom. The average molecular weight is 326 g/mol. The van der Waals surface area contributed by atoms with E-state index in [-0.39, 0.29) is 11.2 Å². The molecular formula is C16H24BrNO. The maximum absolute atomic E-state index is 6.13. The van der Waals surface area contributed by atoms with Crippen LogP contribution in [0, 0.1) is 13.8 Å². The fraction of sp³-hybridized carbons (Fsp3) is 0.625. The van der Waals surface area contributed by atoms with Gasteiger partial charge in [-0.05, 0) is 71.2 Å². The average Bonchev–Trinajstić information content (AvgIpc) is 2.43. The van der Waals surface area contributed by atoms with Crippen LogP contribution in [0.15, 0.2) is 16.6 Å². The third-order valence-electron chi connectivity index (χ3n) is 3.85. The summed E-state index contributed by atoms with van der Waals surface area (Å²) in [5.41, 5.74) is 3.51. The van der Waals surface area contributed by atoms with E-state index in [1.165, 1.54) is 21.3 Å². The highest BCUT2D eigenvalue weighted by atomic mass is 79.9. The molecule has 0 aromatic heterocycles. The van der Waals surface area contributed by atoms with Crippen molar-refractivity contribution in [1.29, 1.82) is 0 Å². The molecule has 106 valence electrons. The lowest BCUT2D eigenvalue weighted by Gasteiger charge is -2.28. The second kappa shape index (κ2) is 4.78. The SMILES string of the molecule is Cc1cc(NC2CC(C)(C)OC2(C)C)cc(C)c1Br. The lowest BCUT2D eigenvalue weighted by atomic mass is 9.94. The number of hydrogen-bond donors (Lipinski definition) is 1. The van der Waals surface area contributed by atoms with Gasteiger partial charge in [0.05, 0.1) is 17.2 Å². The molecule has 1 N–H and O–H groups in total. The van der Waals surface area contributed by atoms with Gasteiger partial charge in [0.15, 0.2) is 0 Å². The first-order valence-electron chi connectivity index (χ1n) is 6.84. The summed E-state index contributed by atoms with van der Waals surface area (Å²) in [6.45, 7) is 12.9. The summed E-state index contributed by atoms with van der Waals surface area (Å²) in [5, 5.41) is 3.65. The largest absolute Gasteiger partial charge is 0.379 e. The molecule has 1 saturated heterocycles. The number of rotatable bonds is 2. The maximum Gasteiger partial charge on any atom is 0.0834 e. The number of nitrogens with one attached hydrogen (secondary N) is 1. The lowest BCUT2D eigenvalue weighted by molar-refractivity contribution is -0.0662. The second-order valence-corrected chi connectivity index (χ2v) is 7.58. The minimum absolute atomic E-state index is 0.0549. The van der Waals surface area contributed by atoms with E-state index >= 15 is 0 Å². The highest BCUT2D eigenvalue weighted by molar-refractivity contribution is 9.10. The van der Waals surface area contributed by atoms with Gasteiger partial charge in [-0.15, -0.1) is 0 Å². The molecule has 0 bridgehead atoms. The minimum Gasteiger partial charge on any atom is -0.379 e. The molecule has 1 aliphatic rings. The Hall–Kier alpha value is -0.540. The number of aryl methyl sites for hydroxylation is 2. The molecule has 1 fully saturated rings. The lowest BCUT2D eigenvalue weighted by Crippen LogP contribution is -2.38. The summed E-state index contributed by atoms with van der Waals surface area (Å²) in [4.78, 5) is 0. The predicted octanol–water partition coefficient (Wildman–Crippen LogP) is 4.82. The zero-order valence-electron chi connectivity index (χ0n) is 12.7. The molecule has 1 unspecified atom stereocenters. The van der Waals surface area contributed by atoms with Crippen molar-refractivity contribution in [3.8, 4) is 0 Å². The normalized spacial score (nSPS) is 24.5. The number of anilines is 1. The molecule has 3 heteroatoms. The van der Waals surface area contributed by atoms with Crippen molar-refractivity contribution in [3.05, 3.63) is 27.7 Å². The number of ether oxygens (including phenoxy) is 1. The summed E-state index contributed by atoms with van der Waals surface area (Å²) in [6.07, 6.45) is 1.02.